The fraction of sp³-hybridized carbons (Fsp3) is 0.571. The summed E-state index contributed by atoms with van der Waals surface area (Å²) in [5.74, 6) is -1.04. The van der Waals surface area contributed by atoms with Gasteiger partial charge in [0.2, 0.25) is 11.8 Å². The number of nitrogens with one attached hydrogen (secondary N) is 2. The van der Waals surface area contributed by atoms with Crippen molar-refractivity contribution in [1.82, 2.24) is 15.3 Å². The lowest BCUT2D eigenvalue weighted by atomic mass is 10.1. The summed E-state index contributed by atoms with van der Waals surface area (Å²) in [6.45, 7) is 2.25. The largest absolute Gasteiger partial charge is 0.480 e. The molecule has 0 fully saturated rings. The molecule has 1 aromatic rings. The van der Waals surface area contributed by atoms with E-state index in [0.717, 1.165) is 5.69 Å². The number of H-pyrrole nitrogens is 1. The van der Waals surface area contributed by atoms with Crippen LogP contribution in [0, 0.1) is 0 Å². The molecule has 0 aliphatic heterocycles. The molecule has 1 aromatic heterocycles. The average molecular weight is 325 g/mol. The van der Waals surface area contributed by atoms with Crippen LogP contribution >= 0.6 is 0 Å². The van der Waals surface area contributed by atoms with Crippen molar-refractivity contribution in [2.24, 2.45) is 10.7 Å². The third kappa shape index (κ3) is 6.47. The fourth-order valence-electron chi connectivity index (χ4n) is 1.96. The van der Waals surface area contributed by atoms with Crippen LogP contribution in [0.15, 0.2) is 17.5 Å². The summed E-state index contributed by atoms with van der Waals surface area (Å²) in [7, 11) is 1.58. The summed E-state index contributed by atoms with van der Waals surface area (Å²) in [5, 5.41) is 11.5. The summed E-state index contributed by atoms with van der Waals surface area (Å²) >= 11 is 0. The normalized spacial score (nSPS) is 14.1. The van der Waals surface area contributed by atoms with Crippen molar-refractivity contribution in [3.05, 3.63) is 18.2 Å². The monoisotopic (exact) mass is 325 g/mol. The maximum absolute atomic E-state index is 12.0. The average Bonchev–Trinajstić information content (AvgIpc) is 3.02. The van der Waals surface area contributed by atoms with Gasteiger partial charge in [0.05, 0.1) is 12.9 Å². The molecule has 23 heavy (non-hydrogen) atoms. The number of nitrogens with zero attached hydrogens (tertiary/aromatic N) is 2. The van der Waals surface area contributed by atoms with E-state index < -0.39 is 18.1 Å². The molecule has 2 unspecified atom stereocenters. The molecule has 0 aliphatic rings. The van der Waals surface area contributed by atoms with Crippen LogP contribution in [0.2, 0.25) is 0 Å². The third-order valence-corrected chi connectivity index (χ3v) is 3.12. The van der Waals surface area contributed by atoms with Crippen LogP contribution in [0.25, 0.3) is 0 Å². The van der Waals surface area contributed by atoms with Crippen molar-refractivity contribution in [3.63, 3.8) is 0 Å². The maximum Gasteiger partial charge on any atom is 0.320 e. The van der Waals surface area contributed by atoms with E-state index in [1.807, 2.05) is 6.92 Å². The SMILES string of the molecule is CCOC(=NC)C(Cc1cnc[nH]1)NC(=O)CCC(N)C(=O)O. The molecule has 0 saturated heterocycles. The first-order valence-electron chi connectivity index (χ1n) is 7.32. The van der Waals surface area contributed by atoms with Crippen molar-refractivity contribution in [2.75, 3.05) is 13.7 Å². The van der Waals surface area contributed by atoms with E-state index in [9.17, 15) is 9.59 Å². The van der Waals surface area contributed by atoms with E-state index in [2.05, 4.69) is 20.3 Å². The second-order valence-corrected chi connectivity index (χ2v) is 4.88. The summed E-state index contributed by atoms with van der Waals surface area (Å²) < 4.78 is 5.45. The van der Waals surface area contributed by atoms with E-state index in [1.165, 1.54) is 0 Å². The van der Waals surface area contributed by atoms with Gasteiger partial charge in [-0.2, -0.15) is 0 Å². The minimum Gasteiger partial charge on any atom is -0.480 e. The molecule has 128 valence electrons. The number of nitrogens with two attached hydrogens (primary N) is 1. The number of hydrogen-bond acceptors (Lipinski definition) is 6. The Balaban J connectivity index is 2.68. The van der Waals surface area contributed by atoms with Crippen LogP contribution in [0.4, 0.5) is 0 Å². The number of amides is 1. The number of carbonyl (C=O) groups is 2. The highest BCUT2D eigenvalue weighted by molar-refractivity contribution is 5.88. The second kappa shape index (κ2) is 9.57. The lowest BCUT2D eigenvalue weighted by Crippen LogP contribution is -2.44. The zero-order chi connectivity index (χ0) is 17.2. The first kappa shape index (κ1) is 18.6. The molecule has 9 nitrogen and oxygen atoms in total. The number of aliphatic imine (C=N–C) groups is 1. The number of carbonyl (C=O) groups excluding carboxylic acids is 1. The van der Waals surface area contributed by atoms with Crippen LogP contribution in [0.5, 0.6) is 0 Å². The number of rotatable bonds is 9. The zero-order valence-electron chi connectivity index (χ0n) is 13.3. The minimum atomic E-state index is -1.13. The predicted octanol–water partition coefficient (Wildman–Crippen LogP) is -0.306. The number of aliphatic carboxylic acids is 1. The van der Waals surface area contributed by atoms with Crippen LogP contribution in [-0.2, 0) is 20.7 Å². The predicted molar refractivity (Wildman–Crippen MR) is 84.1 cm³/mol. The quantitative estimate of drug-likeness (QED) is 0.362. The molecule has 1 rings (SSSR count). The molecule has 2 atom stereocenters. The topological polar surface area (TPSA) is 143 Å². The van der Waals surface area contributed by atoms with Crippen LogP contribution in [0.3, 0.4) is 0 Å². The summed E-state index contributed by atoms with van der Waals surface area (Å²) in [5.41, 5.74) is 6.22. The molecular weight excluding hydrogens is 302 g/mol. The van der Waals surface area contributed by atoms with E-state index in [4.69, 9.17) is 15.6 Å². The Labute approximate surface area is 134 Å². The lowest BCUT2D eigenvalue weighted by Gasteiger charge is -2.20. The fourth-order valence-corrected chi connectivity index (χ4v) is 1.96. The van der Waals surface area contributed by atoms with Crippen molar-refractivity contribution in [2.45, 2.75) is 38.3 Å². The van der Waals surface area contributed by atoms with Crippen molar-refractivity contribution >= 4 is 17.8 Å². The molecule has 0 spiro atoms. The van der Waals surface area contributed by atoms with Gasteiger partial charge in [0.1, 0.15) is 12.1 Å². The summed E-state index contributed by atoms with van der Waals surface area (Å²) in [6, 6.07) is -1.52. The second-order valence-electron chi connectivity index (χ2n) is 4.88. The van der Waals surface area contributed by atoms with Crippen molar-refractivity contribution < 1.29 is 19.4 Å². The maximum atomic E-state index is 12.0. The Kier molecular flexibility index (Phi) is 7.75. The van der Waals surface area contributed by atoms with Gasteiger partial charge < -0.3 is 25.9 Å². The molecule has 0 bridgehead atoms. The van der Waals surface area contributed by atoms with Crippen LogP contribution < -0.4 is 11.1 Å². The molecule has 0 aliphatic carbocycles. The summed E-state index contributed by atoms with van der Waals surface area (Å²) in [6.07, 6.45) is 3.70. The van der Waals surface area contributed by atoms with Gasteiger partial charge in [-0.3, -0.25) is 14.6 Å². The van der Waals surface area contributed by atoms with Gasteiger partial charge in [-0.1, -0.05) is 0 Å². The number of aromatic amines is 1. The van der Waals surface area contributed by atoms with E-state index in [1.54, 1.807) is 19.6 Å². The molecule has 0 radical (unpaired) electrons. The number of aromatic nitrogens is 2. The Morgan fingerprint density at radius 3 is 2.83 bits per heavy atom. The number of carboxylic acid groups (broad SMARTS) is 1. The van der Waals surface area contributed by atoms with E-state index >= 15 is 0 Å². The van der Waals surface area contributed by atoms with Gasteiger partial charge in [0, 0.05) is 31.8 Å². The van der Waals surface area contributed by atoms with E-state index in [0.29, 0.717) is 18.9 Å². The van der Waals surface area contributed by atoms with Gasteiger partial charge in [0.15, 0.2) is 0 Å². The van der Waals surface area contributed by atoms with Gasteiger partial charge in [-0.15, -0.1) is 0 Å². The number of hydrogen-bond donors (Lipinski definition) is 4. The molecule has 1 amide bonds. The molecule has 5 N–H and O–H groups in total. The van der Waals surface area contributed by atoms with Gasteiger partial charge in [-0.05, 0) is 13.3 Å². The molecule has 0 saturated carbocycles. The highest BCUT2D eigenvalue weighted by atomic mass is 16.5. The van der Waals surface area contributed by atoms with Crippen molar-refractivity contribution in [1.29, 1.82) is 0 Å². The number of carboxylic acids is 1. The lowest BCUT2D eigenvalue weighted by molar-refractivity contribution is -0.138. The standard InChI is InChI=1S/C14H23N5O4/c1-3-23-13(16-2)11(6-9-7-17-8-18-9)19-12(20)5-4-10(15)14(21)22/h7-8,10-11H,3-6,15H2,1-2H3,(H,17,18)(H,19,20)(H,21,22). The summed E-state index contributed by atoms with van der Waals surface area (Å²) in [4.78, 5) is 33.7. The van der Waals surface area contributed by atoms with Crippen molar-refractivity contribution in [3.8, 4) is 0 Å². The smallest absolute Gasteiger partial charge is 0.320 e. The van der Waals surface area contributed by atoms with Crippen LogP contribution in [-0.4, -0.2) is 58.6 Å². The highest BCUT2D eigenvalue weighted by Crippen LogP contribution is 2.04. The highest BCUT2D eigenvalue weighted by Gasteiger charge is 2.22. The van der Waals surface area contributed by atoms with E-state index in [-0.39, 0.29) is 18.7 Å². The van der Waals surface area contributed by atoms with Gasteiger partial charge in [0.25, 0.3) is 0 Å². The third-order valence-electron chi connectivity index (χ3n) is 3.12. The Hall–Kier alpha value is -2.42. The Morgan fingerprint density at radius 2 is 2.30 bits per heavy atom. The first-order chi connectivity index (χ1) is 11.0. The van der Waals surface area contributed by atoms with Gasteiger partial charge in [-0.25, -0.2) is 4.98 Å². The zero-order valence-corrected chi connectivity index (χ0v) is 13.3. The number of ether oxygens (including phenoxy) is 1. The van der Waals surface area contributed by atoms with Gasteiger partial charge >= 0.3 is 5.97 Å². The Morgan fingerprint density at radius 1 is 1.57 bits per heavy atom. The number of imidazole rings is 1. The molecular formula is C14H23N5O4. The molecule has 9 heteroatoms. The van der Waals surface area contributed by atoms with Crippen LogP contribution in [0.1, 0.15) is 25.5 Å². The minimum absolute atomic E-state index is 0.00998. The molecule has 0 aromatic carbocycles. The Bertz CT molecular complexity index is 529. The first-order valence-corrected chi connectivity index (χ1v) is 7.32. The molecule has 1 heterocycles.